The fourth-order valence-electron chi connectivity index (χ4n) is 3.25. The first-order valence-corrected chi connectivity index (χ1v) is 8.30. The van der Waals surface area contributed by atoms with Crippen molar-refractivity contribution in [2.75, 3.05) is 40.3 Å². The molecule has 1 saturated heterocycles. The minimum Gasteiger partial charge on any atom is -0.340 e. The lowest BCUT2D eigenvalue weighted by molar-refractivity contribution is -0.150. The molecule has 1 aliphatic heterocycles. The summed E-state index contributed by atoms with van der Waals surface area (Å²) in [5.74, 6) is 0.0146. The van der Waals surface area contributed by atoms with Crippen LogP contribution in [0.3, 0.4) is 0 Å². The lowest BCUT2D eigenvalue weighted by Crippen LogP contribution is -2.52. The van der Waals surface area contributed by atoms with Gasteiger partial charge in [-0.05, 0) is 25.5 Å². The van der Waals surface area contributed by atoms with Gasteiger partial charge in [0.2, 0.25) is 11.8 Å². The van der Waals surface area contributed by atoms with Gasteiger partial charge in [-0.25, -0.2) is 0 Å². The first-order valence-electron chi connectivity index (χ1n) is 8.30. The molecule has 2 amide bonds. The largest absolute Gasteiger partial charge is 0.340 e. The van der Waals surface area contributed by atoms with Crippen LogP contribution in [-0.4, -0.2) is 66.8 Å². The molecular formula is C18H25N3O2. The van der Waals surface area contributed by atoms with E-state index in [-0.39, 0.29) is 11.8 Å². The van der Waals surface area contributed by atoms with Crippen molar-refractivity contribution in [2.45, 2.75) is 19.4 Å². The van der Waals surface area contributed by atoms with Crippen molar-refractivity contribution in [1.29, 1.82) is 0 Å². The molecule has 0 atom stereocenters. The average molecular weight is 315 g/mol. The minimum atomic E-state index is -0.778. The fraction of sp³-hybridized carbons (Fsp3) is 0.556. The quantitative estimate of drug-likeness (QED) is 0.784. The Labute approximate surface area is 137 Å². The van der Waals surface area contributed by atoms with Crippen molar-refractivity contribution in [3.63, 3.8) is 0 Å². The zero-order chi connectivity index (χ0) is 16.4. The van der Waals surface area contributed by atoms with Gasteiger partial charge in [-0.1, -0.05) is 30.3 Å². The molecule has 1 heterocycles. The van der Waals surface area contributed by atoms with E-state index in [0.29, 0.717) is 19.4 Å². The SMILES string of the molecule is CN1CCN(C(=O)C2(C(=O)N(C)Cc3ccccc3)CC2)CC1. The lowest BCUT2D eigenvalue weighted by Gasteiger charge is -2.35. The third-order valence-corrected chi connectivity index (χ3v) is 4.97. The Bertz CT molecular complexity index is 575. The van der Waals surface area contributed by atoms with Crippen LogP contribution in [0.25, 0.3) is 0 Å². The molecule has 1 saturated carbocycles. The summed E-state index contributed by atoms with van der Waals surface area (Å²) in [7, 11) is 3.86. The van der Waals surface area contributed by atoms with Crippen LogP contribution in [0.2, 0.25) is 0 Å². The predicted octanol–water partition coefficient (Wildman–Crippen LogP) is 1.20. The van der Waals surface area contributed by atoms with Gasteiger partial charge in [-0.15, -0.1) is 0 Å². The summed E-state index contributed by atoms with van der Waals surface area (Å²) in [6.07, 6.45) is 1.38. The van der Waals surface area contributed by atoms with Crippen LogP contribution in [0, 0.1) is 5.41 Å². The second-order valence-electron chi connectivity index (χ2n) is 6.82. The molecule has 1 aromatic rings. The van der Waals surface area contributed by atoms with Gasteiger partial charge in [-0.3, -0.25) is 9.59 Å². The maximum Gasteiger partial charge on any atom is 0.238 e. The summed E-state index contributed by atoms with van der Waals surface area (Å²) in [5, 5.41) is 0. The number of hydrogen-bond acceptors (Lipinski definition) is 3. The van der Waals surface area contributed by atoms with Crippen molar-refractivity contribution >= 4 is 11.8 Å². The van der Waals surface area contributed by atoms with Crippen molar-refractivity contribution < 1.29 is 9.59 Å². The van der Waals surface area contributed by atoms with Gasteiger partial charge in [0.25, 0.3) is 0 Å². The Morgan fingerprint density at radius 1 is 1.09 bits per heavy atom. The number of carbonyl (C=O) groups is 2. The van der Waals surface area contributed by atoms with Crippen molar-refractivity contribution in [1.82, 2.24) is 14.7 Å². The van der Waals surface area contributed by atoms with Crippen LogP contribution < -0.4 is 0 Å². The first kappa shape index (κ1) is 16.0. The molecule has 0 bridgehead atoms. The second kappa shape index (κ2) is 6.32. The van der Waals surface area contributed by atoms with Gasteiger partial charge < -0.3 is 14.7 Å². The van der Waals surface area contributed by atoms with Gasteiger partial charge in [0.05, 0.1) is 0 Å². The number of nitrogens with zero attached hydrogens (tertiary/aromatic N) is 3. The molecule has 2 aliphatic rings. The summed E-state index contributed by atoms with van der Waals surface area (Å²) in [4.78, 5) is 31.5. The van der Waals surface area contributed by atoms with Crippen molar-refractivity contribution in [3.8, 4) is 0 Å². The Hall–Kier alpha value is -1.88. The van der Waals surface area contributed by atoms with E-state index in [1.165, 1.54) is 0 Å². The van der Waals surface area contributed by atoms with Gasteiger partial charge in [0, 0.05) is 39.8 Å². The topological polar surface area (TPSA) is 43.9 Å². The monoisotopic (exact) mass is 315 g/mol. The summed E-state index contributed by atoms with van der Waals surface area (Å²) in [6.45, 7) is 3.78. The number of rotatable bonds is 4. The Morgan fingerprint density at radius 2 is 1.70 bits per heavy atom. The normalized spacial score (nSPS) is 20.2. The predicted molar refractivity (Wildman–Crippen MR) is 88.7 cm³/mol. The van der Waals surface area contributed by atoms with Gasteiger partial charge in [0.1, 0.15) is 5.41 Å². The number of carbonyl (C=O) groups excluding carboxylic acids is 2. The van der Waals surface area contributed by atoms with Crippen LogP contribution in [-0.2, 0) is 16.1 Å². The summed E-state index contributed by atoms with van der Waals surface area (Å²) in [5.41, 5.74) is 0.311. The van der Waals surface area contributed by atoms with Crippen molar-refractivity contribution in [2.24, 2.45) is 5.41 Å². The first-order chi connectivity index (χ1) is 11.0. The zero-order valence-electron chi connectivity index (χ0n) is 14.0. The number of piperazine rings is 1. The molecule has 124 valence electrons. The Balaban J connectivity index is 1.65. The number of hydrogen-bond donors (Lipinski definition) is 0. The van der Waals surface area contributed by atoms with Crippen LogP contribution in [0.4, 0.5) is 0 Å². The van der Waals surface area contributed by atoms with E-state index in [2.05, 4.69) is 11.9 Å². The van der Waals surface area contributed by atoms with Crippen LogP contribution >= 0.6 is 0 Å². The molecule has 23 heavy (non-hydrogen) atoms. The molecule has 0 aromatic heterocycles. The van der Waals surface area contributed by atoms with E-state index in [1.54, 1.807) is 11.9 Å². The fourth-order valence-corrected chi connectivity index (χ4v) is 3.25. The third-order valence-electron chi connectivity index (χ3n) is 4.97. The Kier molecular flexibility index (Phi) is 4.39. The van der Waals surface area contributed by atoms with E-state index < -0.39 is 5.41 Å². The molecule has 3 rings (SSSR count). The standard InChI is InChI=1S/C18H25N3O2/c1-19-10-12-21(13-11-19)17(23)18(8-9-18)16(22)20(2)14-15-6-4-3-5-7-15/h3-7H,8-14H2,1-2H3. The highest BCUT2D eigenvalue weighted by molar-refractivity contribution is 6.07. The molecular weight excluding hydrogens is 290 g/mol. The van der Waals surface area contributed by atoms with E-state index in [1.807, 2.05) is 35.2 Å². The van der Waals surface area contributed by atoms with E-state index in [9.17, 15) is 9.59 Å². The average Bonchev–Trinajstić information content (AvgIpc) is 3.37. The molecule has 2 fully saturated rings. The number of benzene rings is 1. The summed E-state index contributed by atoms with van der Waals surface area (Å²) >= 11 is 0. The highest BCUT2D eigenvalue weighted by Crippen LogP contribution is 2.49. The third kappa shape index (κ3) is 3.24. The lowest BCUT2D eigenvalue weighted by atomic mass is 10.0. The molecule has 5 heteroatoms. The maximum absolute atomic E-state index is 12.8. The highest BCUT2D eigenvalue weighted by atomic mass is 16.2. The van der Waals surface area contributed by atoms with Crippen LogP contribution in [0.15, 0.2) is 30.3 Å². The highest BCUT2D eigenvalue weighted by Gasteiger charge is 2.59. The molecule has 1 aromatic carbocycles. The smallest absolute Gasteiger partial charge is 0.238 e. The van der Waals surface area contributed by atoms with Gasteiger partial charge in [0.15, 0.2) is 0 Å². The summed E-state index contributed by atoms with van der Waals surface area (Å²) in [6, 6.07) is 9.91. The summed E-state index contributed by atoms with van der Waals surface area (Å²) < 4.78 is 0. The second-order valence-corrected chi connectivity index (χ2v) is 6.82. The molecule has 0 unspecified atom stereocenters. The molecule has 0 spiro atoms. The van der Waals surface area contributed by atoms with E-state index >= 15 is 0 Å². The molecule has 0 N–H and O–H groups in total. The Morgan fingerprint density at radius 3 is 2.26 bits per heavy atom. The molecule has 0 radical (unpaired) electrons. The van der Waals surface area contributed by atoms with Gasteiger partial charge >= 0.3 is 0 Å². The van der Waals surface area contributed by atoms with Crippen molar-refractivity contribution in [3.05, 3.63) is 35.9 Å². The number of likely N-dealkylation sites (N-methyl/N-ethyl adjacent to an activating group) is 1. The van der Waals surface area contributed by atoms with E-state index in [4.69, 9.17) is 0 Å². The zero-order valence-corrected chi connectivity index (χ0v) is 14.0. The maximum atomic E-state index is 12.8. The van der Waals surface area contributed by atoms with E-state index in [0.717, 1.165) is 31.7 Å². The number of amides is 2. The van der Waals surface area contributed by atoms with Crippen LogP contribution in [0.1, 0.15) is 18.4 Å². The molecule has 1 aliphatic carbocycles. The van der Waals surface area contributed by atoms with Crippen LogP contribution in [0.5, 0.6) is 0 Å². The molecule has 5 nitrogen and oxygen atoms in total. The minimum absolute atomic E-state index is 0.0229. The van der Waals surface area contributed by atoms with Gasteiger partial charge in [-0.2, -0.15) is 0 Å².